The Morgan fingerprint density at radius 1 is 0.390 bits per heavy atom. The van der Waals surface area contributed by atoms with E-state index in [9.17, 15) is 0 Å². The third kappa shape index (κ3) is 4.75. The highest BCUT2D eigenvalue weighted by atomic mass is 32.1. The molecule has 0 bridgehead atoms. The maximum absolute atomic E-state index is 5.53. The van der Waals surface area contributed by atoms with Gasteiger partial charge in [0.2, 0.25) is 5.78 Å². The Labute approximate surface area is 341 Å². The van der Waals surface area contributed by atoms with E-state index >= 15 is 0 Å². The van der Waals surface area contributed by atoms with Crippen LogP contribution in [0.1, 0.15) is 0 Å². The number of thiophene rings is 1. The molecule has 0 saturated carbocycles. The number of imidazole rings is 1. The molecule has 0 fully saturated rings. The van der Waals surface area contributed by atoms with Gasteiger partial charge in [0.1, 0.15) is 0 Å². The lowest BCUT2D eigenvalue weighted by molar-refractivity contribution is 1.17. The van der Waals surface area contributed by atoms with Gasteiger partial charge in [-0.1, -0.05) is 140 Å². The summed E-state index contributed by atoms with van der Waals surface area (Å²) in [6.45, 7) is 0. The maximum Gasteiger partial charge on any atom is 0.220 e. The van der Waals surface area contributed by atoms with Crippen LogP contribution >= 0.6 is 11.3 Å². The molecule has 5 aromatic heterocycles. The number of benzene rings is 8. The van der Waals surface area contributed by atoms with Gasteiger partial charge in [0.25, 0.3) is 0 Å². The molecule has 6 heteroatoms. The fraction of sp³-hybridized carbons (Fsp3) is 0. The summed E-state index contributed by atoms with van der Waals surface area (Å²) in [4.78, 5) is 16.1. The first kappa shape index (κ1) is 32.4. The minimum absolute atomic E-state index is 0.688. The van der Waals surface area contributed by atoms with Gasteiger partial charge in [0, 0.05) is 42.8 Å². The van der Waals surface area contributed by atoms with E-state index in [1.165, 1.54) is 43.1 Å². The molecule has 0 saturated heterocycles. The van der Waals surface area contributed by atoms with E-state index in [0.29, 0.717) is 5.82 Å². The SMILES string of the molecule is c1ccc(-c2ccccc2-c2cc3c4ccccc4n4c5ccc(-c6nc(-c7ccccc7)c7sc8ccccc8c7n6)cc5nc4n4c5ccccc5c(c2)c34)cc1. The summed E-state index contributed by atoms with van der Waals surface area (Å²) in [6, 6.07) is 67.2. The highest BCUT2D eigenvalue weighted by molar-refractivity contribution is 7.26. The van der Waals surface area contributed by atoms with Crippen molar-refractivity contribution in [1.82, 2.24) is 23.8 Å². The second-order valence-corrected chi connectivity index (χ2v) is 16.2. The van der Waals surface area contributed by atoms with E-state index in [2.05, 4.69) is 191 Å². The lowest BCUT2D eigenvalue weighted by atomic mass is 9.92. The Balaban J connectivity index is 1.11. The van der Waals surface area contributed by atoms with Crippen LogP contribution in [0.5, 0.6) is 0 Å². The zero-order chi connectivity index (χ0) is 38.6. The van der Waals surface area contributed by atoms with Crippen LogP contribution in [0.3, 0.4) is 0 Å². The number of rotatable bonds is 4. The molecule has 5 heterocycles. The topological polar surface area (TPSA) is 47.5 Å². The molecule has 8 aromatic carbocycles. The summed E-state index contributed by atoms with van der Waals surface area (Å²) < 4.78 is 7.02. The average molecular weight is 770 g/mol. The first-order chi connectivity index (χ1) is 29.3. The zero-order valence-electron chi connectivity index (χ0n) is 31.5. The van der Waals surface area contributed by atoms with Crippen LogP contribution in [0.4, 0.5) is 0 Å². The minimum Gasteiger partial charge on any atom is -0.278 e. The monoisotopic (exact) mass is 769 g/mol. The molecule has 0 amide bonds. The van der Waals surface area contributed by atoms with Crippen molar-refractivity contribution in [3.8, 4) is 44.9 Å². The van der Waals surface area contributed by atoms with Gasteiger partial charge in [-0.15, -0.1) is 11.3 Å². The van der Waals surface area contributed by atoms with E-state index < -0.39 is 0 Å². The maximum atomic E-state index is 5.53. The number of nitrogens with zero attached hydrogens (tertiary/aromatic N) is 5. The summed E-state index contributed by atoms with van der Waals surface area (Å²) in [5.41, 5.74) is 14.0. The molecule has 0 radical (unpaired) electrons. The van der Waals surface area contributed by atoms with Crippen molar-refractivity contribution in [2.45, 2.75) is 0 Å². The highest BCUT2D eigenvalue weighted by Gasteiger charge is 2.22. The Kier molecular flexibility index (Phi) is 6.82. The van der Waals surface area contributed by atoms with Crippen LogP contribution in [0.25, 0.3) is 120 Å². The number of hydrogen-bond donors (Lipinski definition) is 0. The van der Waals surface area contributed by atoms with Gasteiger partial charge in [-0.3, -0.25) is 8.80 Å². The van der Waals surface area contributed by atoms with Crippen molar-refractivity contribution >= 4 is 86.5 Å². The summed E-state index contributed by atoms with van der Waals surface area (Å²) >= 11 is 1.75. The van der Waals surface area contributed by atoms with Crippen molar-refractivity contribution in [1.29, 1.82) is 0 Å². The molecule has 274 valence electrons. The van der Waals surface area contributed by atoms with Crippen LogP contribution < -0.4 is 0 Å². The van der Waals surface area contributed by atoms with Gasteiger partial charge in [-0.05, 0) is 70.8 Å². The van der Waals surface area contributed by atoms with Gasteiger partial charge in [0.15, 0.2) is 5.82 Å². The minimum atomic E-state index is 0.688. The summed E-state index contributed by atoms with van der Waals surface area (Å²) in [6.07, 6.45) is 0. The molecule has 0 unspecified atom stereocenters. The van der Waals surface area contributed by atoms with Gasteiger partial charge in [0.05, 0.1) is 43.5 Å². The van der Waals surface area contributed by atoms with Crippen LogP contribution in [-0.2, 0) is 0 Å². The Hall–Kier alpha value is -7.67. The fourth-order valence-electron chi connectivity index (χ4n) is 9.27. The molecule has 0 aliphatic rings. The first-order valence-electron chi connectivity index (χ1n) is 19.9. The fourth-order valence-corrected chi connectivity index (χ4v) is 10.4. The third-order valence-electron chi connectivity index (χ3n) is 11.9. The summed E-state index contributed by atoms with van der Waals surface area (Å²) in [7, 11) is 0. The molecule has 0 N–H and O–H groups in total. The Morgan fingerprint density at radius 3 is 1.71 bits per heavy atom. The van der Waals surface area contributed by atoms with Crippen molar-refractivity contribution in [3.63, 3.8) is 0 Å². The van der Waals surface area contributed by atoms with Gasteiger partial charge in [-0.2, -0.15) is 0 Å². The molecule has 0 aliphatic carbocycles. The number of hydrogen-bond acceptors (Lipinski definition) is 4. The summed E-state index contributed by atoms with van der Waals surface area (Å²) in [5, 5.41) is 5.88. The van der Waals surface area contributed by atoms with Crippen molar-refractivity contribution < 1.29 is 0 Å². The molecule has 59 heavy (non-hydrogen) atoms. The molecule has 13 aromatic rings. The van der Waals surface area contributed by atoms with E-state index in [1.807, 2.05) is 6.07 Å². The summed E-state index contributed by atoms with van der Waals surface area (Å²) in [5.74, 6) is 1.55. The van der Waals surface area contributed by atoms with E-state index in [-0.39, 0.29) is 0 Å². The van der Waals surface area contributed by atoms with Crippen molar-refractivity contribution in [2.75, 3.05) is 0 Å². The van der Waals surface area contributed by atoms with Crippen LogP contribution in [0.2, 0.25) is 0 Å². The smallest absolute Gasteiger partial charge is 0.220 e. The predicted octanol–water partition coefficient (Wildman–Crippen LogP) is 14.0. The molecule has 0 aliphatic heterocycles. The second-order valence-electron chi connectivity index (χ2n) is 15.2. The average Bonchev–Trinajstić information content (AvgIpc) is 3.96. The zero-order valence-corrected chi connectivity index (χ0v) is 32.4. The lowest BCUT2D eigenvalue weighted by Crippen LogP contribution is -1.93. The number of aromatic nitrogens is 5. The van der Waals surface area contributed by atoms with Gasteiger partial charge >= 0.3 is 0 Å². The predicted molar refractivity (Wildman–Crippen MR) is 246 cm³/mol. The third-order valence-corrected chi connectivity index (χ3v) is 13.1. The lowest BCUT2D eigenvalue weighted by Gasteiger charge is -2.12. The molecule has 5 nitrogen and oxygen atoms in total. The highest BCUT2D eigenvalue weighted by Crippen LogP contribution is 2.43. The number of fused-ring (bicyclic) bond motifs is 13. The van der Waals surface area contributed by atoms with Gasteiger partial charge < -0.3 is 0 Å². The molecular weight excluding hydrogens is 739 g/mol. The van der Waals surface area contributed by atoms with E-state index in [4.69, 9.17) is 15.0 Å². The van der Waals surface area contributed by atoms with Crippen LogP contribution in [0.15, 0.2) is 188 Å². The van der Waals surface area contributed by atoms with Crippen molar-refractivity contribution in [2.24, 2.45) is 0 Å². The number of para-hydroxylation sites is 2. The van der Waals surface area contributed by atoms with Gasteiger partial charge in [-0.25, -0.2) is 15.0 Å². The van der Waals surface area contributed by atoms with E-state index in [1.54, 1.807) is 11.3 Å². The largest absolute Gasteiger partial charge is 0.278 e. The molecular formula is C53H31N5S. The van der Waals surface area contributed by atoms with Crippen LogP contribution in [0, 0.1) is 0 Å². The Morgan fingerprint density at radius 2 is 0.983 bits per heavy atom. The van der Waals surface area contributed by atoms with Crippen LogP contribution in [-0.4, -0.2) is 23.8 Å². The van der Waals surface area contributed by atoms with Crippen molar-refractivity contribution in [3.05, 3.63) is 188 Å². The first-order valence-corrected chi connectivity index (χ1v) is 20.7. The molecule has 0 spiro atoms. The molecule has 13 rings (SSSR count). The second kappa shape index (κ2) is 12.4. The normalized spacial score (nSPS) is 12.1. The standard InChI is InChI=1S/C53H31N5S/c1-3-15-32(16-4-1)36-19-7-8-20-37(36)35-29-41-38-21-9-12-24-44(38)57-46-28-27-34(31-43(46)54-53(57)58-45-25-13-10-22-39(45)42(30-35)50(41)58)52-55-48(33-17-5-2-6-18-33)51-49(56-52)40-23-11-14-26-47(40)59-51/h1-31H. The Bertz CT molecular complexity index is 3840. The molecule has 0 atom stereocenters. The van der Waals surface area contributed by atoms with E-state index in [0.717, 1.165) is 71.2 Å². The quantitative estimate of drug-likeness (QED) is 0.179.